The Balaban J connectivity index is 1.32. The maximum atomic E-state index is 13.5. The largest absolute Gasteiger partial charge is 0.324 e. The van der Waals surface area contributed by atoms with Gasteiger partial charge in [0.1, 0.15) is 6.04 Å². The van der Waals surface area contributed by atoms with Gasteiger partial charge in [-0.1, -0.05) is 42.5 Å². The number of aromatic nitrogens is 2. The maximum Gasteiger partial charge on any atom is 0.248 e. The lowest BCUT2D eigenvalue weighted by molar-refractivity contribution is -0.147. The van der Waals surface area contributed by atoms with Crippen molar-refractivity contribution in [2.24, 2.45) is 23.7 Å². The van der Waals surface area contributed by atoms with Gasteiger partial charge in [-0.05, 0) is 42.0 Å². The quantitative estimate of drug-likeness (QED) is 0.488. The molecule has 1 N–H and O–H groups in total. The third-order valence-electron chi connectivity index (χ3n) is 7.13. The predicted molar refractivity (Wildman–Crippen MR) is 122 cm³/mol. The summed E-state index contributed by atoms with van der Waals surface area (Å²) in [5, 5.41) is 2.91. The van der Waals surface area contributed by atoms with Crippen LogP contribution in [0.2, 0.25) is 0 Å². The SMILES string of the molecule is O=C(Nc1ccc2nccnc2c1)C(Cc1ccccc1)N1C(=O)C2C3C=CC(C3)C2C1=O. The van der Waals surface area contributed by atoms with Gasteiger partial charge in [0.2, 0.25) is 17.7 Å². The molecule has 7 nitrogen and oxygen atoms in total. The molecule has 1 saturated heterocycles. The van der Waals surface area contributed by atoms with Crippen molar-refractivity contribution in [3.63, 3.8) is 0 Å². The van der Waals surface area contributed by atoms with Crippen LogP contribution in [-0.4, -0.2) is 38.6 Å². The van der Waals surface area contributed by atoms with Crippen LogP contribution in [-0.2, 0) is 20.8 Å². The van der Waals surface area contributed by atoms with Crippen molar-refractivity contribution < 1.29 is 14.4 Å². The van der Waals surface area contributed by atoms with Gasteiger partial charge in [-0.3, -0.25) is 29.3 Å². The van der Waals surface area contributed by atoms with Crippen LogP contribution in [0.15, 0.2) is 73.1 Å². The van der Waals surface area contributed by atoms with E-state index in [-0.39, 0.29) is 47.8 Å². The first-order chi connectivity index (χ1) is 16.1. The minimum Gasteiger partial charge on any atom is -0.324 e. The molecule has 33 heavy (non-hydrogen) atoms. The number of allylic oxidation sites excluding steroid dienone is 2. The zero-order chi connectivity index (χ0) is 22.5. The minimum atomic E-state index is -0.921. The summed E-state index contributed by atoms with van der Waals surface area (Å²) >= 11 is 0. The van der Waals surface area contributed by atoms with Crippen LogP contribution < -0.4 is 5.32 Å². The molecule has 2 aromatic carbocycles. The number of anilines is 1. The molecule has 2 aliphatic carbocycles. The third kappa shape index (κ3) is 3.23. The van der Waals surface area contributed by atoms with Crippen LogP contribution in [0.3, 0.4) is 0 Å². The van der Waals surface area contributed by atoms with E-state index in [1.165, 1.54) is 4.90 Å². The molecule has 0 radical (unpaired) electrons. The van der Waals surface area contributed by atoms with Gasteiger partial charge >= 0.3 is 0 Å². The van der Waals surface area contributed by atoms with Gasteiger partial charge in [0.15, 0.2) is 0 Å². The Morgan fingerprint density at radius 2 is 1.61 bits per heavy atom. The molecule has 3 aliphatic rings. The topological polar surface area (TPSA) is 92.3 Å². The predicted octanol–water partition coefficient (Wildman–Crippen LogP) is 2.99. The summed E-state index contributed by atoms with van der Waals surface area (Å²) in [5.74, 6) is -1.31. The zero-order valence-electron chi connectivity index (χ0n) is 17.8. The number of benzene rings is 2. The molecular formula is C26H22N4O3. The van der Waals surface area contributed by atoms with Gasteiger partial charge in [-0.2, -0.15) is 0 Å². The van der Waals surface area contributed by atoms with Gasteiger partial charge in [0.05, 0.1) is 22.9 Å². The second-order valence-corrected chi connectivity index (χ2v) is 9.00. The number of fused-ring (bicyclic) bond motifs is 6. The van der Waals surface area contributed by atoms with Gasteiger partial charge in [0, 0.05) is 24.5 Å². The Labute approximate surface area is 190 Å². The van der Waals surface area contributed by atoms with Crippen LogP contribution >= 0.6 is 0 Å². The Kier molecular flexibility index (Phi) is 4.57. The summed E-state index contributed by atoms with van der Waals surface area (Å²) in [6.45, 7) is 0. The van der Waals surface area contributed by atoms with E-state index in [1.807, 2.05) is 30.3 Å². The van der Waals surface area contributed by atoms with E-state index in [0.29, 0.717) is 11.2 Å². The molecule has 2 bridgehead atoms. The number of amides is 3. The average Bonchev–Trinajstić information content (AvgIpc) is 3.52. The number of carbonyl (C=O) groups is 3. The minimum absolute atomic E-state index is 0.0981. The highest BCUT2D eigenvalue weighted by Gasteiger charge is 2.61. The second-order valence-electron chi connectivity index (χ2n) is 9.00. The fourth-order valence-electron chi connectivity index (χ4n) is 5.64. The number of hydrogen-bond donors (Lipinski definition) is 1. The fourth-order valence-corrected chi connectivity index (χ4v) is 5.64. The molecule has 3 aromatic rings. The zero-order valence-corrected chi connectivity index (χ0v) is 17.8. The normalized spacial score (nSPS) is 26.1. The van der Waals surface area contributed by atoms with E-state index in [1.54, 1.807) is 30.6 Å². The lowest BCUT2D eigenvalue weighted by Gasteiger charge is -2.27. The van der Waals surface area contributed by atoms with Crippen molar-refractivity contribution in [1.29, 1.82) is 0 Å². The van der Waals surface area contributed by atoms with Crippen molar-refractivity contribution in [2.75, 3.05) is 5.32 Å². The van der Waals surface area contributed by atoms with Crippen molar-refractivity contribution in [3.8, 4) is 0 Å². The smallest absolute Gasteiger partial charge is 0.248 e. The number of rotatable bonds is 5. The van der Waals surface area contributed by atoms with E-state index in [4.69, 9.17) is 0 Å². The van der Waals surface area contributed by atoms with Crippen molar-refractivity contribution in [3.05, 3.63) is 78.6 Å². The van der Waals surface area contributed by atoms with Crippen LogP contribution in [0.4, 0.5) is 5.69 Å². The Morgan fingerprint density at radius 3 is 2.30 bits per heavy atom. The first kappa shape index (κ1) is 19.8. The van der Waals surface area contributed by atoms with Gasteiger partial charge < -0.3 is 5.32 Å². The molecular weight excluding hydrogens is 416 g/mol. The van der Waals surface area contributed by atoms with Crippen molar-refractivity contribution in [1.82, 2.24) is 14.9 Å². The molecule has 3 amide bonds. The van der Waals surface area contributed by atoms with E-state index in [2.05, 4.69) is 27.4 Å². The van der Waals surface area contributed by atoms with E-state index in [9.17, 15) is 14.4 Å². The van der Waals surface area contributed by atoms with E-state index < -0.39 is 6.04 Å². The highest BCUT2D eigenvalue weighted by Crippen LogP contribution is 2.53. The molecule has 1 saturated carbocycles. The average molecular weight is 438 g/mol. The highest BCUT2D eigenvalue weighted by molar-refractivity contribution is 6.11. The monoisotopic (exact) mass is 438 g/mol. The molecule has 2 heterocycles. The molecule has 1 aliphatic heterocycles. The highest BCUT2D eigenvalue weighted by atomic mass is 16.2. The maximum absolute atomic E-state index is 13.5. The first-order valence-electron chi connectivity index (χ1n) is 11.2. The summed E-state index contributed by atoms with van der Waals surface area (Å²) in [7, 11) is 0. The van der Waals surface area contributed by atoms with E-state index >= 15 is 0 Å². The van der Waals surface area contributed by atoms with Gasteiger partial charge in [-0.25, -0.2) is 0 Å². The van der Waals surface area contributed by atoms with Crippen LogP contribution in [0, 0.1) is 23.7 Å². The van der Waals surface area contributed by atoms with Crippen LogP contribution in [0.1, 0.15) is 12.0 Å². The molecule has 164 valence electrons. The fraction of sp³-hybridized carbons (Fsp3) is 0.269. The number of hydrogen-bond acceptors (Lipinski definition) is 5. The number of nitrogens with one attached hydrogen (secondary N) is 1. The molecule has 1 aromatic heterocycles. The number of carbonyl (C=O) groups excluding carboxylic acids is 3. The lowest BCUT2D eigenvalue weighted by atomic mass is 9.85. The molecule has 0 spiro atoms. The summed E-state index contributed by atoms with van der Waals surface area (Å²) in [6.07, 6.45) is 8.44. The summed E-state index contributed by atoms with van der Waals surface area (Å²) in [5.41, 5.74) is 2.81. The van der Waals surface area contributed by atoms with Crippen molar-refractivity contribution >= 4 is 34.4 Å². The van der Waals surface area contributed by atoms with Gasteiger partial charge in [-0.15, -0.1) is 0 Å². The van der Waals surface area contributed by atoms with Crippen LogP contribution in [0.5, 0.6) is 0 Å². The summed E-state index contributed by atoms with van der Waals surface area (Å²) in [6, 6.07) is 13.8. The van der Waals surface area contributed by atoms with Crippen LogP contribution in [0.25, 0.3) is 11.0 Å². The number of nitrogens with zero attached hydrogens (tertiary/aromatic N) is 3. The Hall–Kier alpha value is -3.87. The lowest BCUT2D eigenvalue weighted by Crippen LogP contribution is -2.49. The Morgan fingerprint density at radius 1 is 0.939 bits per heavy atom. The molecule has 5 atom stereocenters. The number of likely N-dealkylation sites (tertiary alicyclic amines) is 1. The Bertz CT molecular complexity index is 1280. The molecule has 6 rings (SSSR count). The van der Waals surface area contributed by atoms with E-state index in [0.717, 1.165) is 17.5 Å². The first-order valence-corrected chi connectivity index (χ1v) is 11.2. The molecule has 2 fully saturated rings. The third-order valence-corrected chi connectivity index (χ3v) is 7.13. The molecule has 5 unspecified atom stereocenters. The van der Waals surface area contributed by atoms with Gasteiger partial charge in [0.25, 0.3) is 0 Å². The summed E-state index contributed by atoms with van der Waals surface area (Å²) < 4.78 is 0. The standard InChI is InChI=1S/C26H22N4O3/c31-24(29-18-8-9-19-20(14-18)28-11-10-27-19)21(12-15-4-2-1-3-5-15)30-25(32)22-16-6-7-17(13-16)23(22)26(30)33/h1-11,14,16-17,21-23H,12-13H2,(H,29,31). The second kappa shape index (κ2) is 7.62. The number of imide groups is 1. The van der Waals surface area contributed by atoms with Crippen molar-refractivity contribution in [2.45, 2.75) is 18.9 Å². The summed E-state index contributed by atoms with van der Waals surface area (Å²) in [4.78, 5) is 50.1. The molecule has 7 heteroatoms.